The van der Waals surface area contributed by atoms with Gasteiger partial charge in [-0.25, -0.2) is 4.39 Å². The molecule has 0 fully saturated rings. The van der Waals surface area contributed by atoms with E-state index in [-0.39, 0.29) is 5.82 Å². The number of rotatable bonds is 3. The highest BCUT2D eigenvalue weighted by atomic mass is 35.5. The molecule has 3 nitrogen and oxygen atoms in total. The molecule has 7 heteroatoms. The Morgan fingerprint density at radius 1 is 1.39 bits per heavy atom. The first-order chi connectivity index (χ1) is 8.60. The maximum absolute atomic E-state index is 12.9. The molecule has 0 saturated carbocycles. The van der Waals surface area contributed by atoms with Gasteiger partial charge in [0.25, 0.3) is 0 Å². The average Bonchev–Trinajstić information content (AvgIpc) is 2.64. The maximum atomic E-state index is 12.9. The van der Waals surface area contributed by atoms with Gasteiger partial charge in [0.1, 0.15) is 10.8 Å². The Kier molecular flexibility index (Phi) is 4.09. The number of aromatic nitrogens is 2. The molecule has 0 unspecified atom stereocenters. The van der Waals surface area contributed by atoms with E-state index in [0.29, 0.717) is 22.4 Å². The van der Waals surface area contributed by atoms with Gasteiger partial charge in [-0.15, -0.1) is 0 Å². The summed E-state index contributed by atoms with van der Waals surface area (Å²) >= 11 is 16.3. The molecule has 18 heavy (non-hydrogen) atoms. The number of thiocarbonyl (C=S) groups is 1. The highest BCUT2D eigenvalue weighted by molar-refractivity contribution is 7.78. The van der Waals surface area contributed by atoms with Crippen LogP contribution in [0.1, 0.15) is 5.56 Å². The van der Waals surface area contributed by atoms with Crippen molar-refractivity contribution in [3.05, 3.63) is 45.8 Å². The summed E-state index contributed by atoms with van der Waals surface area (Å²) in [6, 6.07) is 4.18. The van der Waals surface area contributed by atoms with Crippen LogP contribution in [0.4, 0.5) is 10.2 Å². The molecular weight excluding hydrogens is 296 g/mol. The fourth-order valence-electron chi connectivity index (χ4n) is 1.41. The van der Waals surface area contributed by atoms with E-state index >= 15 is 0 Å². The summed E-state index contributed by atoms with van der Waals surface area (Å²) in [6.45, 7) is 0.367. The van der Waals surface area contributed by atoms with Crippen molar-refractivity contribution in [2.75, 3.05) is 0 Å². The molecule has 0 N–H and O–H groups in total. The van der Waals surface area contributed by atoms with Gasteiger partial charge in [-0.05, 0) is 29.9 Å². The van der Waals surface area contributed by atoms with Crippen molar-refractivity contribution >= 4 is 46.4 Å². The number of hydrogen-bond donors (Lipinski definition) is 0. The van der Waals surface area contributed by atoms with E-state index in [2.05, 4.69) is 27.5 Å². The predicted molar refractivity (Wildman–Crippen MR) is 72.4 cm³/mol. The molecule has 0 aliphatic rings. The van der Waals surface area contributed by atoms with Crippen molar-refractivity contribution in [2.24, 2.45) is 4.99 Å². The number of isothiocyanates is 1. The first-order valence-corrected chi connectivity index (χ1v) is 6.01. The third-order valence-corrected chi connectivity index (χ3v) is 2.91. The Labute approximate surface area is 118 Å². The number of halogens is 3. The number of benzene rings is 1. The van der Waals surface area contributed by atoms with Crippen LogP contribution >= 0.6 is 35.4 Å². The van der Waals surface area contributed by atoms with Crippen LogP contribution in [0.3, 0.4) is 0 Å². The third kappa shape index (κ3) is 2.94. The van der Waals surface area contributed by atoms with Crippen LogP contribution in [-0.4, -0.2) is 14.9 Å². The monoisotopic (exact) mass is 301 g/mol. The van der Waals surface area contributed by atoms with Crippen LogP contribution in [0.15, 0.2) is 29.4 Å². The van der Waals surface area contributed by atoms with Crippen molar-refractivity contribution in [2.45, 2.75) is 6.54 Å². The minimum absolute atomic E-state index is 0.296. The maximum Gasteiger partial charge on any atom is 0.202 e. The minimum Gasteiger partial charge on any atom is -0.265 e. The smallest absolute Gasteiger partial charge is 0.202 e. The van der Waals surface area contributed by atoms with Gasteiger partial charge in [-0.3, -0.25) is 4.68 Å². The van der Waals surface area contributed by atoms with Crippen LogP contribution < -0.4 is 0 Å². The lowest BCUT2D eigenvalue weighted by Gasteiger charge is -2.04. The Balaban J connectivity index is 2.28. The van der Waals surface area contributed by atoms with Gasteiger partial charge in [0.15, 0.2) is 0 Å². The number of hydrogen-bond acceptors (Lipinski definition) is 3. The first kappa shape index (κ1) is 13.2. The van der Waals surface area contributed by atoms with Crippen LogP contribution in [0.2, 0.25) is 10.0 Å². The van der Waals surface area contributed by atoms with E-state index in [1.54, 1.807) is 16.9 Å². The molecule has 0 saturated heterocycles. The van der Waals surface area contributed by atoms with Crippen molar-refractivity contribution < 1.29 is 4.39 Å². The van der Waals surface area contributed by atoms with Gasteiger partial charge < -0.3 is 0 Å². The van der Waals surface area contributed by atoms with Crippen molar-refractivity contribution in [3.8, 4) is 0 Å². The normalized spacial score (nSPS) is 10.2. The molecule has 1 aromatic carbocycles. The van der Waals surface area contributed by atoms with Crippen molar-refractivity contribution in [1.29, 1.82) is 0 Å². The Morgan fingerprint density at radius 3 is 2.83 bits per heavy atom. The summed E-state index contributed by atoms with van der Waals surface area (Å²) < 4.78 is 14.4. The molecule has 2 rings (SSSR count). The molecule has 1 heterocycles. The zero-order valence-corrected chi connectivity index (χ0v) is 11.2. The fraction of sp³-hybridized carbons (Fsp3) is 0.0909. The Bertz CT molecular complexity index is 635. The molecule has 0 radical (unpaired) electrons. The Morgan fingerprint density at radius 2 is 2.17 bits per heavy atom. The van der Waals surface area contributed by atoms with Crippen molar-refractivity contribution in [3.63, 3.8) is 0 Å². The van der Waals surface area contributed by atoms with E-state index < -0.39 is 0 Å². The van der Waals surface area contributed by atoms with Gasteiger partial charge in [0.05, 0.1) is 11.7 Å². The zero-order valence-electron chi connectivity index (χ0n) is 8.90. The lowest BCUT2D eigenvalue weighted by Crippen LogP contribution is -2.00. The van der Waals surface area contributed by atoms with Gasteiger partial charge in [-0.1, -0.05) is 29.3 Å². The number of aliphatic imine (C=N–C) groups is 1. The topological polar surface area (TPSA) is 30.2 Å². The summed E-state index contributed by atoms with van der Waals surface area (Å²) in [5.41, 5.74) is 0.732. The van der Waals surface area contributed by atoms with Gasteiger partial charge >= 0.3 is 0 Å². The quantitative estimate of drug-likeness (QED) is 0.631. The summed E-state index contributed by atoms with van der Waals surface area (Å²) in [5.74, 6) is -0.0851. The van der Waals surface area contributed by atoms with E-state index in [9.17, 15) is 4.39 Å². The molecule has 0 spiro atoms. The molecule has 1 aromatic heterocycles. The van der Waals surface area contributed by atoms with Gasteiger partial charge in [0, 0.05) is 11.2 Å². The standard InChI is InChI=1S/C11H6Cl2FN3S/c12-9-3-8(14)2-1-7(9)4-17-5-10(13)11(16-17)15-6-18/h1-3,5H,4H2. The molecule has 92 valence electrons. The average molecular weight is 302 g/mol. The molecule has 2 aromatic rings. The van der Waals surface area contributed by atoms with Crippen molar-refractivity contribution in [1.82, 2.24) is 9.78 Å². The lowest BCUT2D eigenvalue weighted by atomic mass is 10.2. The summed E-state index contributed by atoms with van der Waals surface area (Å²) in [6.07, 6.45) is 1.59. The van der Waals surface area contributed by atoms with E-state index in [1.807, 2.05) is 0 Å². The summed E-state index contributed by atoms with van der Waals surface area (Å²) in [7, 11) is 0. The SMILES string of the molecule is Fc1ccc(Cn2cc(Cl)c(N=C=S)n2)c(Cl)c1. The van der Waals surface area contributed by atoms with Crippen LogP contribution in [0.25, 0.3) is 0 Å². The van der Waals surface area contributed by atoms with E-state index in [0.717, 1.165) is 5.56 Å². The minimum atomic E-state index is -0.381. The first-order valence-electron chi connectivity index (χ1n) is 4.85. The molecule has 0 bridgehead atoms. The molecule has 0 aliphatic heterocycles. The summed E-state index contributed by atoms with van der Waals surface area (Å²) in [4.78, 5) is 3.71. The highest BCUT2D eigenvalue weighted by Crippen LogP contribution is 2.24. The van der Waals surface area contributed by atoms with Gasteiger partial charge in [0.2, 0.25) is 5.82 Å². The van der Waals surface area contributed by atoms with Crippen LogP contribution in [0, 0.1) is 5.82 Å². The summed E-state index contributed by atoms with van der Waals surface area (Å²) in [5, 5.41) is 6.99. The Hall–Kier alpha value is -1.26. The largest absolute Gasteiger partial charge is 0.265 e. The molecule has 0 atom stereocenters. The second kappa shape index (κ2) is 5.59. The lowest BCUT2D eigenvalue weighted by molar-refractivity contribution is 0.624. The molecular formula is C11H6Cl2FN3S. The zero-order chi connectivity index (χ0) is 13.1. The second-order valence-corrected chi connectivity index (χ2v) is 4.43. The number of nitrogens with zero attached hydrogens (tertiary/aromatic N) is 3. The predicted octanol–water partition coefficient (Wildman–Crippen LogP) is 4.11. The van der Waals surface area contributed by atoms with Crippen LogP contribution in [0.5, 0.6) is 0 Å². The van der Waals surface area contributed by atoms with Crippen LogP contribution in [-0.2, 0) is 6.54 Å². The molecule has 0 aliphatic carbocycles. The van der Waals surface area contributed by atoms with E-state index in [4.69, 9.17) is 23.2 Å². The highest BCUT2D eigenvalue weighted by Gasteiger charge is 2.08. The fourth-order valence-corrected chi connectivity index (χ4v) is 1.92. The second-order valence-electron chi connectivity index (χ2n) is 3.44. The van der Waals surface area contributed by atoms with E-state index in [1.165, 1.54) is 12.1 Å². The van der Waals surface area contributed by atoms with Gasteiger partial charge in [-0.2, -0.15) is 10.1 Å². The third-order valence-electron chi connectivity index (χ3n) is 2.20. The molecule has 0 amide bonds.